The molecule has 112 valence electrons. The zero-order valence-corrected chi connectivity index (χ0v) is 12.8. The summed E-state index contributed by atoms with van der Waals surface area (Å²) in [5, 5.41) is 0. The Balaban J connectivity index is 3.13. The molecule has 0 aliphatic heterocycles. The van der Waals surface area contributed by atoms with Gasteiger partial charge < -0.3 is 10.5 Å². The number of ether oxygens (including phenoxy) is 1. The Morgan fingerprint density at radius 1 is 1.35 bits per heavy atom. The maximum absolute atomic E-state index is 12.3. The minimum atomic E-state index is -3.81. The van der Waals surface area contributed by atoms with Crippen molar-refractivity contribution in [3.63, 3.8) is 0 Å². The third-order valence-electron chi connectivity index (χ3n) is 2.89. The van der Waals surface area contributed by atoms with E-state index >= 15 is 0 Å². The SMILES string of the molecule is COC(=O)C(NS(=O)(=O)c1ccc(N)cc1C)C(C)C. The predicted molar refractivity (Wildman–Crippen MR) is 76.6 cm³/mol. The van der Waals surface area contributed by atoms with Crippen molar-refractivity contribution >= 4 is 21.7 Å². The Morgan fingerprint density at radius 3 is 2.40 bits per heavy atom. The number of hydrogen-bond acceptors (Lipinski definition) is 5. The van der Waals surface area contributed by atoms with Crippen LogP contribution in [0.3, 0.4) is 0 Å². The Bertz CT molecular complexity index is 596. The van der Waals surface area contributed by atoms with Crippen LogP contribution in [0, 0.1) is 12.8 Å². The van der Waals surface area contributed by atoms with Gasteiger partial charge in [-0.15, -0.1) is 0 Å². The van der Waals surface area contributed by atoms with E-state index in [1.807, 2.05) is 0 Å². The van der Waals surface area contributed by atoms with Crippen molar-refractivity contribution in [2.45, 2.75) is 31.7 Å². The highest BCUT2D eigenvalue weighted by Gasteiger charge is 2.29. The highest BCUT2D eigenvalue weighted by molar-refractivity contribution is 7.89. The highest BCUT2D eigenvalue weighted by Crippen LogP contribution is 2.19. The molecule has 0 aliphatic rings. The molecule has 1 unspecified atom stereocenters. The van der Waals surface area contributed by atoms with Gasteiger partial charge in [-0.25, -0.2) is 8.42 Å². The lowest BCUT2D eigenvalue weighted by Crippen LogP contribution is -2.45. The third-order valence-corrected chi connectivity index (χ3v) is 4.49. The van der Waals surface area contributed by atoms with Crippen LogP contribution in [0.5, 0.6) is 0 Å². The Kier molecular flexibility index (Phi) is 5.13. The van der Waals surface area contributed by atoms with E-state index in [2.05, 4.69) is 9.46 Å². The Morgan fingerprint density at radius 2 is 1.95 bits per heavy atom. The van der Waals surface area contributed by atoms with Crippen molar-refractivity contribution in [3.05, 3.63) is 23.8 Å². The molecule has 0 saturated heterocycles. The summed E-state index contributed by atoms with van der Waals surface area (Å²) in [7, 11) is -2.59. The van der Waals surface area contributed by atoms with E-state index in [4.69, 9.17) is 5.73 Å². The molecule has 1 rings (SSSR count). The standard InChI is InChI=1S/C13H20N2O4S/c1-8(2)12(13(16)19-4)15-20(17,18)11-6-5-10(14)7-9(11)3/h5-8,12,15H,14H2,1-4H3. The number of nitrogens with two attached hydrogens (primary N) is 1. The molecule has 7 heteroatoms. The summed E-state index contributed by atoms with van der Waals surface area (Å²) in [6, 6.07) is 3.56. The summed E-state index contributed by atoms with van der Waals surface area (Å²) < 4.78 is 31.7. The minimum absolute atomic E-state index is 0.0984. The summed E-state index contributed by atoms with van der Waals surface area (Å²) in [5.74, 6) is -0.844. The third kappa shape index (κ3) is 3.71. The summed E-state index contributed by atoms with van der Waals surface area (Å²) in [6.07, 6.45) is 0. The first-order valence-corrected chi connectivity index (χ1v) is 7.63. The number of carbonyl (C=O) groups excluding carboxylic acids is 1. The lowest BCUT2D eigenvalue weighted by molar-refractivity contribution is -0.143. The minimum Gasteiger partial charge on any atom is -0.468 e. The van der Waals surface area contributed by atoms with E-state index in [1.54, 1.807) is 26.8 Å². The van der Waals surface area contributed by atoms with E-state index in [1.165, 1.54) is 19.2 Å². The second-order valence-electron chi connectivity index (χ2n) is 4.89. The topological polar surface area (TPSA) is 98.5 Å². The van der Waals surface area contributed by atoms with E-state index < -0.39 is 22.0 Å². The van der Waals surface area contributed by atoms with E-state index in [-0.39, 0.29) is 10.8 Å². The Labute approximate surface area is 119 Å². The summed E-state index contributed by atoms with van der Waals surface area (Å²) >= 11 is 0. The quantitative estimate of drug-likeness (QED) is 0.625. The number of aryl methyl sites for hydroxylation is 1. The maximum Gasteiger partial charge on any atom is 0.324 e. The number of rotatable bonds is 5. The molecule has 0 radical (unpaired) electrons. The first-order chi connectivity index (χ1) is 9.19. The largest absolute Gasteiger partial charge is 0.468 e. The lowest BCUT2D eigenvalue weighted by Gasteiger charge is -2.20. The van der Waals surface area contributed by atoms with Crippen LogP contribution in [0.2, 0.25) is 0 Å². The van der Waals surface area contributed by atoms with Crippen LogP contribution in [0.25, 0.3) is 0 Å². The molecular weight excluding hydrogens is 280 g/mol. The van der Waals surface area contributed by atoms with Gasteiger partial charge in [0.05, 0.1) is 12.0 Å². The second-order valence-corrected chi connectivity index (χ2v) is 6.57. The lowest BCUT2D eigenvalue weighted by atomic mass is 10.1. The Hall–Kier alpha value is -1.60. The van der Waals surface area contributed by atoms with Crippen molar-refractivity contribution in [2.24, 2.45) is 5.92 Å². The fourth-order valence-corrected chi connectivity index (χ4v) is 3.35. The molecule has 1 aromatic carbocycles. The first-order valence-electron chi connectivity index (χ1n) is 6.15. The number of carbonyl (C=O) groups is 1. The van der Waals surface area contributed by atoms with Crippen molar-refractivity contribution in [1.29, 1.82) is 0 Å². The van der Waals surface area contributed by atoms with Crippen LogP contribution in [0.4, 0.5) is 5.69 Å². The number of sulfonamides is 1. The van der Waals surface area contributed by atoms with Gasteiger partial charge in [-0.05, 0) is 36.6 Å². The van der Waals surface area contributed by atoms with Gasteiger partial charge in [0.1, 0.15) is 6.04 Å². The molecule has 6 nitrogen and oxygen atoms in total. The molecular formula is C13H20N2O4S. The van der Waals surface area contributed by atoms with Gasteiger partial charge in [-0.3, -0.25) is 4.79 Å². The summed E-state index contributed by atoms with van der Waals surface area (Å²) in [5.41, 5.74) is 6.60. The molecule has 0 fully saturated rings. The average Bonchev–Trinajstić information content (AvgIpc) is 2.34. The number of esters is 1. The molecule has 20 heavy (non-hydrogen) atoms. The zero-order valence-electron chi connectivity index (χ0n) is 12.0. The second kappa shape index (κ2) is 6.23. The molecule has 3 N–H and O–H groups in total. The van der Waals surface area contributed by atoms with Crippen molar-refractivity contribution in [3.8, 4) is 0 Å². The van der Waals surface area contributed by atoms with Crippen LogP contribution in [0.15, 0.2) is 23.1 Å². The average molecular weight is 300 g/mol. The number of hydrogen-bond donors (Lipinski definition) is 2. The maximum atomic E-state index is 12.3. The molecule has 0 amide bonds. The van der Waals surface area contributed by atoms with Gasteiger partial charge in [-0.2, -0.15) is 4.72 Å². The molecule has 0 spiro atoms. The fourth-order valence-electron chi connectivity index (χ4n) is 1.79. The van der Waals surface area contributed by atoms with Gasteiger partial charge >= 0.3 is 5.97 Å². The number of nitrogens with one attached hydrogen (secondary N) is 1. The van der Waals surface area contributed by atoms with Crippen LogP contribution < -0.4 is 10.5 Å². The highest BCUT2D eigenvalue weighted by atomic mass is 32.2. The van der Waals surface area contributed by atoms with E-state index in [0.717, 1.165) is 0 Å². The van der Waals surface area contributed by atoms with Gasteiger partial charge in [0.15, 0.2) is 0 Å². The smallest absolute Gasteiger partial charge is 0.324 e. The molecule has 0 aromatic heterocycles. The first kappa shape index (κ1) is 16.5. The van der Waals surface area contributed by atoms with Crippen LogP contribution in [-0.4, -0.2) is 27.5 Å². The van der Waals surface area contributed by atoms with Gasteiger partial charge in [0.25, 0.3) is 0 Å². The van der Waals surface area contributed by atoms with Crippen LogP contribution in [0.1, 0.15) is 19.4 Å². The number of nitrogen functional groups attached to an aromatic ring is 1. The monoisotopic (exact) mass is 300 g/mol. The molecule has 1 aromatic rings. The predicted octanol–water partition coefficient (Wildman–Crippen LogP) is 1.05. The van der Waals surface area contributed by atoms with Gasteiger partial charge in [-0.1, -0.05) is 13.8 Å². The molecule has 0 heterocycles. The number of benzene rings is 1. The molecule has 0 aliphatic carbocycles. The fraction of sp³-hybridized carbons (Fsp3) is 0.462. The number of methoxy groups -OCH3 is 1. The van der Waals surface area contributed by atoms with Crippen molar-refractivity contribution < 1.29 is 17.9 Å². The van der Waals surface area contributed by atoms with E-state index in [0.29, 0.717) is 11.3 Å². The normalized spacial score (nSPS) is 13.2. The van der Waals surface area contributed by atoms with Crippen LogP contribution in [-0.2, 0) is 19.6 Å². The van der Waals surface area contributed by atoms with Gasteiger partial charge in [0, 0.05) is 5.69 Å². The summed E-state index contributed by atoms with van der Waals surface area (Å²) in [4.78, 5) is 11.7. The van der Waals surface area contributed by atoms with Crippen LogP contribution >= 0.6 is 0 Å². The van der Waals surface area contributed by atoms with Gasteiger partial charge in [0.2, 0.25) is 10.0 Å². The van der Waals surface area contributed by atoms with Crippen molar-refractivity contribution in [2.75, 3.05) is 12.8 Å². The van der Waals surface area contributed by atoms with Crippen molar-refractivity contribution in [1.82, 2.24) is 4.72 Å². The molecule has 0 bridgehead atoms. The number of anilines is 1. The molecule has 1 atom stereocenters. The zero-order chi connectivity index (χ0) is 15.5. The summed E-state index contributed by atoms with van der Waals surface area (Å²) in [6.45, 7) is 5.12. The van der Waals surface area contributed by atoms with E-state index in [9.17, 15) is 13.2 Å². The molecule has 0 saturated carbocycles.